The maximum absolute atomic E-state index is 5.27. The lowest BCUT2D eigenvalue weighted by atomic mass is 9.98. The molecule has 0 radical (unpaired) electrons. The van der Waals surface area contributed by atoms with Crippen LogP contribution in [-0.4, -0.2) is 23.7 Å². The highest BCUT2D eigenvalue weighted by Crippen LogP contribution is 2.51. The fraction of sp³-hybridized carbons (Fsp3) is 0.0612. The van der Waals surface area contributed by atoms with Crippen LogP contribution in [0.4, 0.5) is 17.1 Å². The molecule has 0 bridgehead atoms. The molecule has 0 spiro atoms. The summed E-state index contributed by atoms with van der Waals surface area (Å²) in [6.45, 7) is 4.60. The zero-order valence-corrected chi connectivity index (χ0v) is 30.7. The van der Waals surface area contributed by atoms with Crippen LogP contribution in [0.5, 0.6) is 0 Å². The first-order valence-corrected chi connectivity index (χ1v) is 18.8. The number of imidazole rings is 2. The Kier molecular flexibility index (Phi) is 7.88. The van der Waals surface area contributed by atoms with Gasteiger partial charge in [-0.1, -0.05) is 117 Å². The molecular weight excluding hydrogens is 673 g/mol. The van der Waals surface area contributed by atoms with Gasteiger partial charge in [0.1, 0.15) is 12.7 Å². The average Bonchev–Trinajstić information content (AvgIpc) is 3.97. The fourth-order valence-corrected chi connectivity index (χ4v) is 8.18. The molecule has 264 valence electrons. The first kappa shape index (κ1) is 32.5. The van der Waals surface area contributed by atoms with E-state index in [9.17, 15) is 0 Å². The minimum absolute atomic E-state index is 0.141. The third-order valence-electron chi connectivity index (χ3n) is 10.5. The Morgan fingerprint density at radius 3 is 1.53 bits per heavy atom. The Bertz CT molecular complexity index is 2890. The molecule has 0 fully saturated rings. The van der Waals surface area contributed by atoms with Crippen LogP contribution in [0.25, 0.3) is 61.2 Å². The van der Waals surface area contributed by atoms with Crippen LogP contribution < -0.4 is 4.90 Å². The van der Waals surface area contributed by atoms with Crippen LogP contribution in [-0.2, 0) is 0 Å². The van der Waals surface area contributed by atoms with Crippen molar-refractivity contribution in [3.63, 3.8) is 0 Å². The summed E-state index contributed by atoms with van der Waals surface area (Å²) < 4.78 is 6.87. The van der Waals surface area contributed by atoms with Crippen molar-refractivity contribution in [3.8, 4) is 28.2 Å². The summed E-state index contributed by atoms with van der Waals surface area (Å²) in [5.74, 6) is 0.141. The van der Waals surface area contributed by atoms with Crippen molar-refractivity contribution >= 4 is 50.0 Å². The Morgan fingerprint density at radius 2 is 0.982 bits per heavy atom. The number of rotatable bonds is 8. The third-order valence-corrected chi connectivity index (χ3v) is 10.5. The van der Waals surface area contributed by atoms with Crippen LogP contribution in [0.2, 0.25) is 0 Å². The monoisotopic (exact) mass is 710 g/mol. The van der Waals surface area contributed by atoms with Gasteiger partial charge in [0.15, 0.2) is 0 Å². The van der Waals surface area contributed by atoms with Gasteiger partial charge in [0, 0.05) is 45.0 Å². The van der Waals surface area contributed by atoms with Gasteiger partial charge in [-0.25, -0.2) is 9.97 Å². The highest BCUT2D eigenvalue weighted by molar-refractivity contribution is 6.18. The van der Waals surface area contributed by atoms with E-state index in [1.165, 1.54) is 5.69 Å². The van der Waals surface area contributed by atoms with Gasteiger partial charge in [0.2, 0.25) is 0 Å². The number of aromatic nitrogens is 5. The van der Waals surface area contributed by atoms with E-state index in [2.05, 4.69) is 202 Å². The minimum Gasteiger partial charge on any atom is -0.310 e. The number of anilines is 3. The number of hydrogen-bond acceptors (Lipinski definition) is 3. The van der Waals surface area contributed by atoms with E-state index in [0.717, 1.165) is 78.2 Å². The normalized spacial score (nSPS) is 11.6. The molecule has 55 heavy (non-hydrogen) atoms. The number of benzene rings is 7. The van der Waals surface area contributed by atoms with Crippen LogP contribution >= 0.6 is 0 Å². The summed E-state index contributed by atoms with van der Waals surface area (Å²) in [6, 6.07) is 62.0. The zero-order valence-electron chi connectivity index (χ0n) is 30.7. The molecule has 0 saturated carbocycles. The highest BCUT2D eigenvalue weighted by atomic mass is 15.2. The van der Waals surface area contributed by atoms with Gasteiger partial charge in [0.05, 0.1) is 39.0 Å². The second-order valence-corrected chi connectivity index (χ2v) is 14.2. The number of nitrogens with zero attached hydrogens (tertiary/aromatic N) is 6. The third kappa shape index (κ3) is 5.33. The Hall–Kier alpha value is -7.18. The van der Waals surface area contributed by atoms with Gasteiger partial charge < -0.3 is 9.47 Å². The maximum atomic E-state index is 5.27. The van der Waals surface area contributed by atoms with E-state index in [-0.39, 0.29) is 5.92 Å². The summed E-state index contributed by atoms with van der Waals surface area (Å²) in [6.07, 6.45) is 3.91. The molecule has 0 aliphatic heterocycles. The lowest BCUT2D eigenvalue weighted by molar-refractivity contribution is 0.795. The first-order valence-electron chi connectivity index (χ1n) is 18.8. The van der Waals surface area contributed by atoms with Gasteiger partial charge in [-0.05, 0) is 78.7 Å². The van der Waals surface area contributed by atoms with E-state index in [0.29, 0.717) is 0 Å². The van der Waals surface area contributed by atoms with Crippen molar-refractivity contribution in [1.82, 2.24) is 23.7 Å². The molecule has 0 saturated heterocycles. The van der Waals surface area contributed by atoms with E-state index in [1.54, 1.807) is 0 Å². The van der Waals surface area contributed by atoms with E-state index in [4.69, 9.17) is 9.97 Å². The first-order chi connectivity index (χ1) is 27.2. The van der Waals surface area contributed by atoms with Crippen LogP contribution in [0.15, 0.2) is 189 Å². The Balaban J connectivity index is 1.42. The second kappa shape index (κ2) is 13.3. The molecule has 0 amide bonds. The Labute approximate surface area is 319 Å². The van der Waals surface area contributed by atoms with Crippen molar-refractivity contribution in [3.05, 3.63) is 194 Å². The van der Waals surface area contributed by atoms with E-state index in [1.807, 2.05) is 18.7 Å². The molecule has 0 aliphatic carbocycles. The summed E-state index contributed by atoms with van der Waals surface area (Å²) >= 11 is 0. The average molecular weight is 711 g/mol. The smallest absolute Gasteiger partial charge is 0.100 e. The van der Waals surface area contributed by atoms with Gasteiger partial charge in [-0.3, -0.25) is 9.13 Å². The number of para-hydroxylation sites is 6. The van der Waals surface area contributed by atoms with Crippen LogP contribution in [0.1, 0.15) is 25.5 Å². The molecule has 0 N–H and O–H groups in total. The topological polar surface area (TPSA) is 43.8 Å². The maximum Gasteiger partial charge on any atom is 0.100 e. The SMILES string of the molecule is CC(C)c1c(N(c2ccccc2)c2ccccc2)c2cc3c(ncn3-c3ccccc3)c(-c3cccc4c3ncn4-c3ccccc3)c2n1-c1ccccc1. The van der Waals surface area contributed by atoms with Crippen molar-refractivity contribution in [2.45, 2.75) is 19.8 Å². The van der Waals surface area contributed by atoms with Gasteiger partial charge in [-0.2, -0.15) is 0 Å². The lowest BCUT2D eigenvalue weighted by Gasteiger charge is -2.28. The van der Waals surface area contributed by atoms with Crippen LogP contribution in [0, 0.1) is 0 Å². The largest absolute Gasteiger partial charge is 0.310 e. The molecule has 10 aromatic rings. The molecular formula is C49H38N6. The predicted octanol–water partition coefficient (Wildman–Crippen LogP) is 12.6. The van der Waals surface area contributed by atoms with Gasteiger partial charge in [0.25, 0.3) is 0 Å². The van der Waals surface area contributed by atoms with Gasteiger partial charge >= 0.3 is 0 Å². The van der Waals surface area contributed by atoms with E-state index >= 15 is 0 Å². The zero-order chi connectivity index (χ0) is 36.9. The summed E-state index contributed by atoms with van der Waals surface area (Å²) in [7, 11) is 0. The molecule has 0 aliphatic rings. The minimum atomic E-state index is 0.141. The predicted molar refractivity (Wildman–Crippen MR) is 227 cm³/mol. The quantitative estimate of drug-likeness (QED) is 0.158. The Morgan fingerprint density at radius 1 is 0.491 bits per heavy atom. The van der Waals surface area contributed by atoms with Crippen molar-refractivity contribution in [2.75, 3.05) is 4.90 Å². The summed E-state index contributed by atoms with van der Waals surface area (Å²) in [5, 5.41) is 1.12. The highest BCUT2D eigenvalue weighted by Gasteiger charge is 2.31. The van der Waals surface area contributed by atoms with Crippen molar-refractivity contribution in [2.24, 2.45) is 0 Å². The molecule has 6 heteroatoms. The lowest BCUT2D eigenvalue weighted by Crippen LogP contribution is -2.13. The number of hydrogen-bond donors (Lipinski definition) is 0. The van der Waals surface area contributed by atoms with Crippen molar-refractivity contribution < 1.29 is 0 Å². The molecule has 0 unspecified atom stereocenters. The van der Waals surface area contributed by atoms with E-state index < -0.39 is 0 Å². The van der Waals surface area contributed by atoms with Crippen molar-refractivity contribution in [1.29, 1.82) is 0 Å². The summed E-state index contributed by atoms with van der Waals surface area (Å²) in [4.78, 5) is 12.9. The standard InChI is InChI=1S/C49H38N6/c1-34(2)47-49(54(37-23-12-5-13-24-37)38-25-14-6-15-26-38)41-31-43-46(51-33-53(43)36-21-10-4-11-22-36)44(48(41)55(47)39-27-16-7-17-28-39)40-29-18-30-42-45(40)50-32-52(42)35-19-8-3-9-20-35/h3-34H,1-2H3. The molecule has 3 heterocycles. The van der Waals surface area contributed by atoms with Crippen LogP contribution in [0.3, 0.4) is 0 Å². The number of fused-ring (bicyclic) bond motifs is 3. The molecule has 10 rings (SSSR count). The molecule has 3 aromatic heterocycles. The molecule has 6 nitrogen and oxygen atoms in total. The van der Waals surface area contributed by atoms with Gasteiger partial charge in [-0.15, -0.1) is 0 Å². The molecule has 0 atom stereocenters. The fourth-order valence-electron chi connectivity index (χ4n) is 8.18. The molecule has 7 aromatic carbocycles. The summed E-state index contributed by atoms with van der Waals surface area (Å²) in [5.41, 5.74) is 14.8. The second-order valence-electron chi connectivity index (χ2n) is 14.2.